The maximum Gasteiger partial charge on any atom is 0.344 e. The molecule has 1 aliphatic rings. The molecule has 0 saturated heterocycles. The van der Waals surface area contributed by atoms with E-state index in [9.17, 15) is 9.90 Å². The Bertz CT molecular complexity index is 1320. The van der Waals surface area contributed by atoms with Crippen LogP contribution in [0.4, 0.5) is 5.69 Å². The van der Waals surface area contributed by atoms with Gasteiger partial charge in [0, 0.05) is 4.47 Å². The molecule has 178 valence electrons. The van der Waals surface area contributed by atoms with Crippen LogP contribution >= 0.6 is 39.3 Å². The Morgan fingerprint density at radius 3 is 2.54 bits per heavy atom. The van der Waals surface area contributed by atoms with Crippen molar-refractivity contribution in [3.8, 4) is 5.75 Å². The fourth-order valence-corrected chi connectivity index (χ4v) is 4.77. The van der Waals surface area contributed by atoms with Crippen LogP contribution in [0, 0.1) is 0 Å². The number of aliphatic hydroxyl groups excluding tert-OH is 1. The highest BCUT2D eigenvalue weighted by molar-refractivity contribution is 9.10. The van der Waals surface area contributed by atoms with Gasteiger partial charge in [-0.25, -0.2) is 9.79 Å². The molecule has 0 atom stereocenters. The van der Waals surface area contributed by atoms with E-state index in [1.54, 1.807) is 25.1 Å². The molecule has 3 aromatic rings. The van der Waals surface area contributed by atoms with E-state index < -0.39 is 5.97 Å². The zero-order valence-corrected chi connectivity index (χ0v) is 21.9. The number of para-hydroxylation sites is 1. The van der Waals surface area contributed by atoms with Crippen molar-refractivity contribution in [2.75, 3.05) is 6.61 Å². The molecular weight excluding hydrogens is 550 g/mol. The number of thioether (sulfide) groups is 1. The van der Waals surface area contributed by atoms with E-state index in [-0.39, 0.29) is 17.9 Å². The normalized spacial score (nSPS) is 15.6. The number of aliphatic imine (C=N–C) groups is 1. The lowest BCUT2D eigenvalue weighted by Crippen LogP contribution is -2.12. The first kappa shape index (κ1) is 25.1. The van der Waals surface area contributed by atoms with E-state index in [4.69, 9.17) is 21.1 Å². The Balaban J connectivity index is 1.58. The lowest BCUT2D eigenvalue weighted by molar-refractivity contribution is -0.138. The molecule has 4 rings (SSSR count). The first-order valence-corrected chi connectivity index (χ1v) is 12.7. The van der Waals surface area contributed by atoms with Gasteiger partial charge in [0.05, 0.1) is 22.2 Å². The van der Waals surface area contributed by atoms with Gasteiger partial charge in [-0.1, -0.05) is 75.7 Å². The number of hydrogen-bond acceptors (Lipinski definition) is 6. The number of carbonyl (C=O) groups excluding carboxylic acids is 1. The Hall–Kier alpha value is -3.00. The summed E-state index contributed by atoms with van der Waals surface area (Å²) in [6.45, 7) is 2.29. The van der Waals surface area contributed by atoms with Crippen LogP contribution < -0.4 is 4.74 Å². The van der Waals surface area contributed by atoms with Crippen molar-refractivity contribution in [2.24, 2.45) is 4.99 Å². The van der Waals surface area contributed by atoms with Crippen LogP contribution in [0.1, 0.15) is 18.1 Å². The van der Waals surface area contributed by atoms with Crippen LogP contribution in [0.5, 0.6) is 5.75 Å². The van der Waals surface area contributed by atoms with Crippen LogP contribution in [-0.4, -0.2) is 22.7 Å². The van der Waals surface area contributed by atoms with Crippen molar-refractivity contribution in [1.82, 2.24) is 0 Å². The molecule has 0 aromatic heterocycles. The van der Waals surface area contributed by atoms with E-state index >= 15 is 0 Å². The number of halogens is 2. The minimum Gasteiger partial charge on any atom is -0.506 e. The van der Waals surface area contributed by atoms with Crippen molar-refractivity contribution in [2.45, 2.75) is 13.5 Å². The van der Waals surface area contributed by atoms with Crippen molar-refractivity contribution in [3.05, 3.63) is 110 Å². The van der Waals surface area contributed by atoms with Crippen LogP contribution in [0.25, 0.3) is 6.08 Å². The van der Waals surface area contributed by atoms with Gasteiger partial charge in [-0.05, 0) is 60.5 Å². The molecule has 0 radical (unpaired) electrons. The monoisotopic (exact) mass is 569 g/mol. The number of aliphatic hydroxyl groups is 1. The summed E-state index contributed by atoms with van der Waals surface area (Å²) in [4.78, 5) is 17.6. The Kier molecular flexibility index (Phi) is 8.33. The zero-order valence-electron chi connectivity index (χ0n) is 18.7. The molecule has 0 spiro atoms. The average molecular weight is 571 g/mol. The number of hydrogen-bond donors (Lipinski definition) is 1. The molecule has 8 heteroatoms. The third-order valence-electron chi connectivity index (χ3n) is 4.92. The van der Waals surface area contributed by atoms with Gasteiger partial charge in [0.15, 0.2) is 0 Å². The Morgan fingerprint density at radius 2 is 1.86 bits per heavy atom. The highest BCUT2D eigenvalue weighted by atomic mass is 79.9. The van der Waals surface area contributed by atoms with Gasteiger partial charge in [-0.15, -0.1) is 0 Å². The van der Waals surface area contributed by atoms with Gasteiger partial charge >= 0.3 is 5.97 Å². The molecule has 5 nitrogen and oxygen atoms in total. The first-order chi connectivity index (χ1) is 16.9. The minimum atomic E-state index is -0.620. The molecule has 1 heterocycles. The second-order valence-electron chi connectivity index (χ2n) is 7.41. The number of ether oxygens (including phenoxy) is 2. The van der Waals surface area contributed by atoms with Crippen LogP contribution in [0.2, 0.25) is 5.02 Å². The van der Waals surface area contributed by atoms with Gasteiger partial charge in [-0.3, -0.25) is 0 Å². The van der Waals surface area contributed by atoms with Gasteiger partial charge in [0.2, 0.25) is 0 Å². The second kappa shape index (κ2) is 11.6. The fourth-order valence-electron chi connectivity index (χ4n) is 3.23. The Labute approximate surface area is 221 Å². The number of esters is 1. The van der Waals surface area contributed by atoms with Crippen molar-refractivity contribution >= 4 is 62.1 Å². The van der Waals surface area contributed by atoms with Crippen LogP contribution in [0.15, 0.2) is 98.5 Å². The average Bonchev–Trinajstić information content (AvgIpc) is 3.14. The molecule has 1 N–H and O–H groups in total. The summed E-state index contributed by atoms with van der Waals surface area (Å²) < 4.78 is 12.0. The van der Waals surface area contributed by atoms with Crippen molar-refractivity contribution in [1.29, 1.82) is 0 Å². The number of nitrogens with zero attached hydrogens (tertiary/aromatic N) is 1. The second-order valence-corrected chi connectivity index (χ2v) is 9.77. The Morgan fingerprint density at radius 1 is 1.11 bits per heavy atom. The van der Waals surface area contributed by atoms with Gasteiger partial charge < -0.3 is 14.6 Å². The lowest BCUT2D eigenvalue weighted by Gasteiger charge is -2.09. The highest BCUT2D eigenvalue weighted by Crippen LogP contribution is 2.40. The maximum atomic E-state index is 12.6. The van der Waals surface area contributed by atoms with Gasteiger partial charge in [0.1, 0.15) is 28.7 Å². The molecule has 0 unspecified atom stereocenters. The first-order valence-electron chi connectivity index (χ1n) is 10.8. The standard InChI is InChI=1S/C27H21BrClNO4S/c1-2-33-27(32)24-25(31)23(35-26(24)30-20-6-4-3-5-7-20)15-18-10-13-22(21(29)14-18)34-16-17-8-11-19(28)12-9-17/h3-15,31H,2,16H2,1H3/b23-15-,30-26?. The third-order valence-corrected chi connectivity index (χ3v) is 6.76. The summed E-state index contributed by atoms with van der Waals surface area (Å²) in [5, 5.41) is 11.7. The largest absolute Gasteiger partial charge is 0.506 e. The highest BCUT2D eigenvalue weighted by Gasteiger charge is 2.33. The molecule has 0 amide bonds. The maximum absolute atomic E-state index is 12.6. The van der Waals surface area contributed by atoms with Crippen molar-refractivity contribution < 1.29 is 19.4 Å². The third kappa shape index (κ3) is 6.36. The summed E-state index contributed by atoms with van der Waals surface area (Å²) in [6, 6.07) is 22.4. The van der Waals surface area contributed by atoms with E-state index in [1.807, 2.05) is 60.7 Å². The molecule has 0 fully saturated rings. The molecule has 3 aromatic carbocycles. The number of carbonyl (C=O) groups is 1. The lowest BCUT2D eigenvalue weighted by atomic mass is 10.1. The summed E-state index contributed by atoms with van der Waals surface area (Å²) in [6.07, 6.45) is 1.75. The molecule has 0 bridgehead atoms. The molecular formula is C27H21BrClNO4S. The van der Waals surface area contributed by atoms with E-state index in [0.29, 0.717) is 33.0 Å². The quantitative estimate of drug-likeness (QED) is 0.293. The summed E-state index contributed by atoms with van der Waals surface area (Å²) in [5.41, 5.74) is 2.47. The predicted molar refractivity (Wildman–Crippen MR) is 145 cm³/mol. The molecule has 1 aliphatic heterocycles. The molecule has 0 saturated carbocycles. The molecule has 35 heavy (non-hydrogen) atoms. The minimum absolute atomic E-state index is 0.0486. The fraction of sp³-hybridized carbons (Fsp3) is 0.111. The summed E-state index contributed by atoms with van der Waals surface area (Å²) in [7, 11) is 0. The van der Waals surface area contributed by atoms with Crippen LogP contribution in [0.3, 0.4) is 0 Å². The summed E-state index contributed by atoms with van der Waals surface area (Å²) in [5.74, 6) is -0.241. The van der Waals surface area contributed by atoms with Gasteiger partial charge in [0.25, 0.3) is 0 Å². The van der Waals surface area contributed by atoms with Gasteiger partial charge in [-0.2, -0.15) is 0 Å². The zero-order chi connectivity index (χ0) is 24.8. The topological polar surface area (TPSA) is 68.1 Å². The predicted octanol–water partition coefficient (Wildman–Crippen LogP) is 7.87. The molecule has 0 aliphatic carbocycles. The number of benzene rings is 3. The SMILES string of the molecule is CCOC(=O)C1=C(O)/C(=C/c2ccc(OCc3ccc(Br)cc3)c(Cl)c2)SC1=Nc1ccccc1. The smallest absolute Gasteiger partial charge is 0.344 e. The van der Waals surface area contributed by atoms with E-state index in [1.165, 1.54) is 11.8 Å². The summed E-state index contributed by atoms with van der Waals surface area (Å²) >= 11 is 11.1. The van der Waals surface area contributed by atoms with E-state index in [0.717, 1.165) is 15.6 Å². The van der Waals surface area contributed by atoms with Crippen molar-refractivity contribution in [3.63, 3.8) is 0 Å². The van der Waals surface area contributed by atoms with E-state index in [2.05, 4.69) is 20.9 Å². The van der Waals surface area contributed by atoms with Crippen LogP contribution in [-0.2, 0) is 16.1 Å². The number of rotatable bonds is 7.